The molecule has 152 valence electrons. The first-order valence-corrected chi connectivity index (χ1v) is 11.2. The zero-order chi connectivity index (χ0) is 21.0. The van der Waals surface area contributed by atoms with Crippen molar-refractivity contribution < 1.29 is 14.4 Å². The van der Waals surface area contributed by atoms with Crippen LogP contribution in [0.1, 0.15) is 6.42 Å². The molecular weight excluding hydrogens is 406 g/mol. The van der Waals surface area contributed by atoms with E-state index in [1.54, 1.807) is 49.0 Å². The van der Waals surface area contributed by atoms with Crippen LogP contribution in [0.25, 0.3) is 0 Å². The molecule has 0 spiro atoms. The molecule has 1 unspecified atom stereocenters. The van der Waals surface area contributed by atoms with E-state index in [2.05, 4.69) is 5.32 Å². The molecule has 1 aliphatic rings. The van der Waals surface area contributed by atoms with Gasteiger partial charge in [0.25, 0.3) is 5.24 Å². The van der Waals surface area contributed by atoms with E-state index in [9.17, 15) is 14.4 Å². The molecule has 1 N–H and O–H groups in total. The Morgan fingerprint density at radius 3 is 2.45 bits per heavy atom. The van der Waals surface area contributed by atoms with E-state index in [0.717, 1.165) is 22.3 Å². The lowest BCUT2D eigenvalue weighted by molar-refractivity contribution is -0.122. The highest BCUT2D eigenvalue weighted by atomic mass is 32.2. The van der Waals surface area contributed by atoms with Crippen molar-refractivity contribution in [1.82, 2.24) is 4.90 Å². The number of carbonyl (C=O) groups is 3. The van der Waals surface area contributed by atoms with E-state index in [0.29, 0.717) is 17.1 Å². The number of benzene rings is 2. The number of hydrogen-bond donors (Lipinski definition) is 1. The van der Waals surface area contributed by atoms with Crippen LogP contribution in [0.3, 0.4) is 0 Å². The van der Waals surface area contributed by atoms with Gasteiger partial charge in [-0.3, -0.25) is 14.4 Å². The second kappa shape index (κ2) is 9.37. The van der Waals surface area contributed by atoms with Crippen LogP contribution in [0.4, 0.5) is 16.2 Å². The van der Waals surface area contributed by atoms with Gasteiger partial charge in [-0.25, -0.2) is 0 Å². The highest BCUT2D eigenvalue weighted by Crippen LogP contribution is 2.31. The van der Waals surface area contributed by atoms with Gasteiger partial charge < -0.3 is 15.1 Å². The van der Waals surface area contributed by atoms with Gasteiger partial charge >= 0.3 is 0 Å². The molecule has 2 aromatic rings. The summed E-state index contributed by atoms with van der Waals surface area (Å²) in [6.45, 7) is 0.342. The Kier molecular flexibility index (Phi) is 6.87. The molecule has 3 rings (SSSR count). The molecule has 0 bridgehead atoms. The Balaban J connectivity index is 1.69. The third-order valence-electron chi connectivity index (χ3n) is 4.59. The van der Waals surface area contributed by atoms with Gasteiger partial charge in [-0.15, -0.1) is 11.8 Å². The van der Waals surface area contributed by atoms with Gasteiger partial charge in [0, 0.05) is 42.5 Å². The van der Waals surface area contributed by atoms with Gasteiger partial charge in [0.15, 0.2) is 0 Å². The lowest BCUT2D eigenvalue weighted by Gasteiger charge is -2.17. The minimum absolute atomic E-state index is 0.0625. The highest BCUT2D eigenvalue weighted by Gasteiger charge is 2.35. The number of hydrogen-bond acceptors (Lipinski definition) is 5. The maximum atomic E-state index is 12.8. The molecule has 1 saturated heterocycles. The molecule has 0 aromatic heterocycles. The molecule has 1 fully saturated rings. The molecule has 3 amide bonds. The maximum Gasteiger partial charge on any atom is 0.286 e. The Bertz CT molecular complexity index is 916. The Morgan fingerprint density at radius 2 is 1.79 bits per heavy atom. The van der Waals surface area contributed by atoms with E-state index in [1.165, 1.54) is 4.90 Å². The number of carbonyl (C=O) groups excluding carboxylic acids is 3. The predicted molar refractivity (Wildman–Crippen MR) is 119 cm³/mol. The molecule has 1 aliphatic heterocycles. The van der Waals surface area contributed by atoms with E-state index in [1.807, 2.05) is 36.6 Å². The van der Waals surface area contributed by atoms with Crippen molar-refractivity contribution in [3.63, 3.8) is 0 Å². The summed E-state index contributed by atoms with van der Waals surface area (Å²) in [4.78, 5) is 42.2. The van der Waals surface area contributed by atoms with Crippen LogP contribution in [0.5, 0.6) is 0 Å². The molecule has 0 saturated carbocycles. The first kappa shape index (κ1) is 21.3. The first-order chi connectivity index (χ1) is 13.9. The fourth-order valence-corrected chi connectivity index (χ4v) is 4.13. The lowest BCUT2D eigenvalue weighted by atomic mass is 10.1. The average Bonchev–Trinajstić information content (AvgIpc) is 3.11. The minimum Gasteiger partial charge on any atom is -0.339 e. The number of nitrogens with zero attached hydrogens (tertiary/aromatic N) is 2. The van der Waals surface area contributed by atoms with Crippen molar-refractivity contribution >= 4 is 52.0 Å². The van der Waals surface area contributed by atoms with E-state index < -0.39 is 5.92 Å². The van der Waals surface area contributed by atoms with Crippen molar-refractivity contribution in [2.24, 2.45) is 5.92 Å². The molecule has 1 heterocycles. The summed E-state index contributed by atoms with van der Waals surface area (Å²) in [6.07, 6.45) is 2.17. The van der Waals surface area contributed by atoms with Crippen molar-refractivity contribution in [3.8, 4) is 0 Å². The Morgan fingerprint density at radius 1 is 1.10 bits per heavy atom. The summed E-state index contributed by atoms with van der Waals surface area (Å²) in [6, 6.07) is 14.9. The third-order valence-corrected chi connectivity index (χ3v) is 6.45. The smallest absolute Gasteiger partial charge is 0.286 e. The quantitative estimate of drug-likeness (QED) is 0.723. The number of amides is 3. The lowest BCUT2D eigenvalue weighted by Crippen LogP contribution is -2.28. The van der Waals surface area contributed by atoms with Crippen LogP contribution in [0, 0.1) is 5.92 Å². The van der Waals surface area contributed by atoms with Gasteiger partial charge in [0.05, 0.1) is 11.6 Å². The number of nitrogens with one attached hydrogen (secondary N) is 1. The molecule has 1 atom stereocenters. The molecule has 8 heteroatoms. The topological polar surface area (TPSA) is 69.7 Å². The van der Waals surface area contributed by atoms with Crippen molar-refractivity contribution in [2.75, 3.05) is 37.1 Å². The van der Waals surface area contributed by atoms with E-state index >= 15 is 0 Å². The normalized spacial score (nSPS) is 16.0. The monoisotopic (exact) mass is 429 g/mol. The van der Waals surface area contributed by atoms with Crippen LogP contribution < -0.4 is 10.2 Å². The van der Waals surface area contributed by atoms with Crippen molar-refractivity contribution in [3.05, 3.63) is 48.5 Å². The second-order valence-electron chi connectivity index (χ2n) is 6.85. The summed E-state index contributed by atoms with van der Waals surface area (Å²) >= 11 is 2.70. The Hall–Kier alpha value is -2.45. The second-order valence-corrected chi connectivity index (χ2v) is 8.72. The van der Waals surface area contributed by atoms with Crippen LogP contribution in [0.2, 0.25) is 0 Å². The van der Waals surface area contributed by atoms with Gasteiger partial charge in [-0.2, -0.15) is 0 Å². The van der Waals surface area contributed by atoms with Crippen LogP contribution in [0.15, 0.2) is 58.3 Å². The summed E-state index contributed by atoms with van der Waals surface area (Å²) in [5.41, 5.74) is 1.38. The largest absolute Gasteiger partial charge is 0.339 e. The number of rotatable bonds is 5. The minimum atomic E-state index is -0.440. The van der Waals surface area contributed by atoms with Gasteiger partial charge in [0.2, 0.25) is 11.8 Å². The zero-order valence-electron chi connectivity index (χ0n) is 16.5. The van der Waals surface area contributed by atoms with Crippen LogP contribution >= 0.6 is 23.5 Å². The summed E-state index contributed by atoms with van der Waals surface area (Å²) in [5, 5.41) is 2.77. The third kappa shape index (κ3) is 5.13. The SMILES string of the molecule is CSc1ccc(N2CC(C(=O)Nc3ccccc3SC(=O)N(C)C)CC2=O)cc1. The van der Waals surface area contributed by atoms with Crippen molar-refractivity contribution in [1.29, 1.82) is 0 Å². The van der Waals surface area contributed by atoms with Gasteiger partial charge in [-0.05, 0) is 54.4 Å². The number of para-hydroxylation sites is 1. The fraction of sp³-hybridized carbons (Fsp3) is 0.286. The molecular formula is C21H23N3O3S2. The van der Waals surface area contributed by atoms with Crippen LogP contribution in [-0.4, -0.2) is 48.8 Å². The zero-order valence-corrected chi connectivity index (χ0v) is 18.2. The molecule has 6 nitrogen and oxygen atoms in total. The summed E-state index contributed by atoms with van der Waals surface area (Å²) < 4.78 is 0. The Labute approximate surface area is 179 Å². The van der Waals surface area contributed by atoms with E-state index in [4.69, 9.17) is 0 Å². The standard InChI is InChI=1S/C21H23N3O3S2/c1-23(2)21(27)29-18-7-5-4-6-17(18)22-20(26)14-12-19(25)24(13-14)15-8-10-16(28-3)11-9-15/h4-11,14H,12-13H2,1-3H3,(H,22,26). The maximum absolute atomic E-state index is 12.8. The fourth-order valence-electron chi connectivity index (χ4n) is 2.97. The number of anilines is 2. The average molecular weight is 430 g/mol. The van der Waals surface area contributed by atoms with Crippen LogP contribution in [-0.2, 0) is 9.59 Å². The molecule has 2 aromatic carbocycles. The summed E-state index contributed by atoms with van der Waals surface area (Å²) in [7, 11) is 3.36. The van der Waals surface area contributed by atoms with E-state index in [-0.39, 0.29) is 23.5 Å². The summed E-state index contributed by atoms with van der Waals surface area (Å²) in [5.74, 6) is -0.718. The molecule has 29 heavy (non-hydrogen) atoms. The van der Waals surface area contributed by atoms with Gasteiger partial charge in [0.1, 0.15) is 0 Å². The van der Waals surface area contributed by atoms with Gasteiger partial charge in [-0.1, -0.05) is 12.1 Å². The molecule has 0 radical (unpaired) electrons. The number of thioether (sulfide) groups is 2. The van der Waals surface area contributed by atoms with Crippen molar-refractivity contribution in [2.45, 2.75) is 16.2 Å². The highest BCUT2D eigenvalue weighted by molar-refractivity contribution is 8.13. The predicted octanol–water partition coefficient (Wildman–Crippen LogP) is 4.17. The molecule has 0 aliphatic carbocycles. The first-order valence-electron chi connectivity index (χ1n) is 9.12.